The minimum absolute atomic E-state index is 0.180. The third-order valence-electron chi connectivity index (χ3n) is 2.00. The summed E-state index contributed by atoms with van der Waals surface area (Å²) in [6, 6.07) is 1.81. The van der Waals surface area contributed by atoms with Gasteiger partial charge in [0.2, 0.25) is 5.82 Å². The highest BCUT2D eigenvalue weighted by atomic mass is 79.9. The Morgan fingerprint density at radius 2 is 1.86 bits per heavy atom. The molecular formula is C10H12BrFO2. The molecule has 0 fully saturated rings. The summed E-state index contributed by atoms with van der Waals surface area (Å²) in [6.07, 6.45) is 0.711. The number of ether oxygens (including phenoxy) is 2. The second-order valence-corrected chi connectivity index (χ2v) is 3.61. The van der Waals surface area contributed by atoms with Gasteiger partial charge in [0.15, 0.2) is 11.5 Å². The molecule has 14 heavy (non-hydrogen) atoms. The Bertz CT molecular complexity index is 339. The molecule has 0 aromatic heterocycles. The van der Waals surface area contributed by atoms with Crippen LogP contribution >= 0.6 is 15.9 Å². The van der Waals surface area contributed by atoms with Crippen molar-refractivity contribution in [1.29, 1.82) is 0 Å². The Morgan fingerprint density at radius 3 is 2.29 bits per heavy atom. The maximum Gasteiger partial charge on any atom is 0.208 e. The van der Waals surface area contributed by atoms with Crippen LogP contribution in [0.3, 0.4) is 0 Å². The van der Waals surface area contributed by atoms with E-state index in [1.807, 2.05) is 6.92 Å². The van der Waals surface area contributed by atoms with E-state index in [9.17, 15) is 4.39 Å². The standard InChI is InChI=1S/C10H12BrFO2/c1-4-6-5-7(11)10(14-3)8(12)9(6)13-2/h5H,4H2,1-3H3. The van der Waals surface area contributed by atoms with E-state index in [-0.39, 0.29) is 11.5 Å². The van der Waals surface area contributed by atoms with Gasteiger partial charge in [0, 0.05) is 0 Å². The molecule has 2 nitrogen and oxygen atoms in total. The van der Waals surface area contributed by atoms with Crippen LogP contribution in [0.1, 0.15) is 12.5 Å². The van der Waals surface area contributed by atoms with E-state index in [1.165, 1.54) is 14.2 Å². The Hall–Kier alpha value is -0.770. The molecule has 0 spiro atoms. The van der Waals surface area contributed by atoms with Crippen molar-refractivity contribution in [3.05, 3.63) is 21.9 Å². The molecule has 0 radical (unpaired) electrons. The van der Waals surface area contributed by atoms with E-state index in [2.05, 4.69) is 15.9 Å². The normalized spacial score (nSPS) is 10.1. The molecular weight excluding hydrogens is 251 g/mol. The monoisotopic (exact) mass is 262 g/mol. The predicted octanol–water partition coefficient (Wildman–Crippen LogP) is 3.17. The van der Waals surface area contributed by atoms with Crippen LogP contribution in [-0.4, -0.2) is 14.2 Å². The highest BCUT2D eigenvalue weighted by Crippen LogP contribution is 2.37. The number of methoxy groups -OCH3 is 2. The Morgan fingerprint density at radius 1 is 1.29 bits per heavy atom. The summed E-state index contributed by atoms with van der Waals surface area (Å²) < 4.78 is 24.2. The largest absolute Gasteiger partial charge is 0.493 e. The average Bonchev–Trinajstić information content (AvgIpc) is 2.17. The van der Waals surface area contributed by atoms with Gasteiger partial charge >= 0.3 is 0 Å². The molecule has 0 saturated heterocycles. The number of hydrogen-bond acceptors (Lipinski definition) is 2. The van der Waals surface area contributed by atoms with Gasteiger partial charge in [-0.1, -0.05) is 6.92 Å². The zero-order valence-corrected chi connectivity index (χ0v) is 9.94. The van der Waals surface area contributed by atoms with Crippen molar-refractivity contribution in [3.8, 4) is 11.5 Å². The summed E-state index contributed by atoms with van der Waals surface area (Å²) in [4.78, 5) is 0. The van der Waals surface area contributed by atoms with Gasteiger partial charge in [-0.3, -0.25) is 0 Å². The Balaban J connectivity index is 3.39. The summed E-state index contributed by atoms with van der Waals surface area (Å²) in [6.45, 7) is 1.94. The smallest absolute Gasteiger partial charge is 0.208 e. The molecule has 4 heteroatoms. The van der Waals surface area contributed by atoms with Crippen LogP contribution in [0.5, 0.6) is 11.5 Å². The summed E-state index contributed by atoms with van der Waals surface area (Å²) >= 11 is 3.24. The lowest BCUT2D eigenvalue weighted by Gasteiger charge is -2.12. The SMILES string of the molecule is CCc1cc(Br)c(OC)c(F)c1OC. The van der Waals surface area contributed by atoms with Crippen molar-refractivity contribution in [2.45, 2.75) is 13.3 Å². The molecule has 0 aliphatic heterocycles. The summed E-state index contributed by atoms with van der Waals surface area (Å²) in [5.74, 6) is -0.0205. The molecule has 0 saturated carbocycles. The number of rotatable bonds is 3. The summed E-state index contributed by atoms with van der Waals surface area (Å²) in [5, 5.41) is 0. The first-order chi connectivity index (χ1) is 6.65. The molecule has 0 bridgehead atoms. The first-order valence-corrected chi connectivity index (χ1v) is 5.03. The van der Waals surface area contributed by atoms with E-state index in [0.29, 0.717) is 10.9 Å². The zero-order valence-electron chi connectivity index (χ0n) is 8.36. The van der Waals surface area contributed by atoms with Gasteiger partial charge in [0.05, 0.1) is 18.7 Å². The lowest BCUT2D eigenvalue weighted by molar-refractivity contribution is 0.346. The van der Waals surface area contributed by atoms with Crippen LogP contribution in [0.2, 0.25) is 0 Å². The maximum atomic E-state index is 13.7. The summed E-state index contributed by atoms with van der Waals surface area (Å²) in [7, 11) is 2.87. The van der Waals surface area contributed by atoms with E-state index < -0.39 is 5.82 Å². The van der Waals surface area contributed by atoms with E-state index in [1.54, 1.807) is 6.07 Å². The van der Waals surface area contributed by atoms with Crippen molar-refractivity contribution in [3.63, 3.8) is 0 Å². The minimum Gasteiger partial charge on any atom is -0.493 e. The number of halogens is 2. The highest BCUT2D eigenvalue weighted by Gasteiger charge is 2.17. The fourth-order valence-corrected chi connectivity index (χ4v) is 1.92. The van der Waals surface area contributed by atoms with Gasteiger partial charge in [0.1, 0.15) is 0 Å². The number of benzene rings is 1. The Labute approximate surface area is 91.2 Å². The lowest BCUT2D eigenvalue weighted by Crippen LogP contribution is -1.98. The highest BCUT2D eigenvalue weighted by molar-refractivity contribution is 9.10. The maximum absolute atomic E-state index is 13.7. The van der Waals surface area contributed by atoms with Crippen LogP contribution in [0.25, 0.3) is 0 Å². The fourth-order valence-electron chi connectivity index (χ4n) is 1.30. The minimum atomic E-state index is -0.457. The molecule has 0 unspecified atom stereocenters. The molecule has 0 N–H and O–H groups in total. The van der Waals surface area contributed by atoms with Crippen molar-refractivity contribution in [1.82, 2.24) is 0 Å². The van der Waals surface area contributed by atoms with Crippen LogP contribution in [0, 0.1) is 5.82 Å². The third-order valence-corrected chi connectivity index (χ3v) is 2.59. The topological polar surface area (TPSA) is 18.5 Å². The van der Waals surface area contributed by atoms with Crippen molar-refractivity contribution < 1.29 is 13.9 Å². The predicted molar refractivity (Wildman–Crippen MR) is 56.6 cm³/mol. The molecule has 0 aliphatic carbocycles. The van der Waals surface area contributed by atoms with Crippen LogP contribution in [0.4, 0.5) is 4.39 Å². The average molecular weight is 263 g/mol. The van der Waals surface area contributed by atoms with Crippen LogP contribution in [0.15, 0.2) is 10.5 Å². The first kappa shape index (κ1) is 11.3. The van der Waals surface area contributed by atoms with Gasteiger partial charge in [-0.15, -0.1) is 0 Å². The number of aryl methyl sites for hydroxylation is 1. The van der Waals surface area contributed by atoms with Crippen molar-refractivity contribution >= 4 is 15.9 Å². The molecule has 0 amide bonds. The number of hydrogen-bond donors (Lipinski definition) is 0. The second-order valence-electron chi connectivity index (χ2n) is 2.75. The fraction of sp³-hybridized carbons (Fsp3) is 0.400. The molecule has 0 aliphatic rings. The third kappa shape index (κ3) is 1.85. The molecule has 78 valence electrons. The van der Waals surface area contributed by atoms with Gasteiger partial charge < -0.3 is 9.47 Å². The molecule has 1 aromatic carbocycles. The van der Waals surface area contributed by atoms with Crippen LogP contribution < -0.4 is 9.47 Å². The molecule has 0 atom stereocenters. The van der Waals surface area contributed by atoms with E-state index >= 15 is 0 Å². The molecule has 1 rings (SSSR count). The quantitative estimate of drug-likeness (QED) is 0.833. The molecule has 0 heterocycles. The van der Waals surface area contributed by atoms with Gasteiger partial charge in [0.25, 0.3) is 0 Å². The van der Waals surface area contributed by atoms with Crippen LogP contribution in [-0.2, 0) is 6.42 Å². The second kappa shape index (κ2) is 4.64. The Kier molecular flexibility index (Phi) is 3.75. The van der Waals surface area contributed by atoms with Crippen molar-refractivity contribution in [2.75, 3.05) is 14.2 Å². The lowest BCUT2D eigenvalue weighted by atomic mass is 10.1. The summed E-state index contributed by atoms with van der Waals surface area (Å²) in [5.41, 5.74) is 0.817. The van der Waals surface area contributed by atoms with Gasteiger partial charge in [-0.25, -0.2) is 0 Å². The zero-order chi connectivity index (χ0) is 10.7. The first-order valence-electron chi connectivity index (χ1n) is 4.24. The van der Waals surface area contributed by atoms with Gasteiger partial charge in [-0.05, 0) is 34.0 Å². The van der Waals surface area contributed by atoms with Crippen molar-refractivity contribution in [2.24, 2.45) is 0 Å². The van der Waals surface area contributed by atoms with E-state index in [0.717, 1.165) is 5.56 Å². The van der Waals surface area contributed by atoms with E-state index in [4.69, 9.17) is 9.47 Å². The molecule has 1 aromatic rings. The van der Waals surface area contributed by atoms with Gasteiger partial charge in [-0.2, -0.15) is 4.39 Å².